The van der Waals surface area contributed by atoms with Crippen molar-refractivity contribution in [3.63, 3.8) is 0 Å². The van der Waals surface area contributed by atoms with Crippen molar-refractivity contribution in [3.8, 4) is 0 Å². The Balaban J connectivity index is 2.98. The first-order valence-electron chi connectivity index (χ1n) is 5.49. The quantitative estimate of drug-likeness (QED) is 0.868. The van der Waals surface area contributed by atoms with Crippen LogP contribution in [0.25, 0.3) is 0 Å². The molecule has 0 fully saturated rings. The van der Waals surface area contributed by atoms with Crippen molar-refractivity contribution >= 4 is 31.5 Å². The minimum atomic E-state index is -3.12. The monoisotopic (exact) mass is 319 g/mol. The van der Waals surface area contributed by atoms with Crippen molar-refractivity contribution < 1.29 is 8.42 Å². The fraction of sp³-hybridized carbons (Fsp3) is 0.500. The second-order valence-corrected chi connectivity index (χ2v) is 7.82. The SMILES string of the molecule is CC(C)C(C)S(=O)(=O)Cc1ccc(N)cc1Br. The number of sulfone groups is 1. The maximum Gasteiger partial charge on any atom is 0.157 e. The topological polar surface area (TPSA) is 60.2 Å². The second-order valence-electron chi connectivity index (χ2n) is 4.61. The molecule has 1 aromatic carbocycles. The van der Waals surface area contributed by atoms with E-state index < -0.39 is 9.84 Å². The third-order valence-corrected chi connectivity index (χ3v) is 6.07. The summed E-state index contributed by atoms with van der Waals surface area (Å²) in [5.74, 6) is 0.167. The predicted molar refractivity (Wildman–Crippen MR) is 75.5 cm³/mol. The zero-order valence-corrected chi connectivity index (χ0v) is 12.7. The van der Waals surface area contributed by atoms with Gasteiger partial charge in [-0.1, -0.05) is 35.8 Å². The Morgan fingerprint density at radius 3 is 2.35 bits per heavy atom. The van der Waals surface area contributed by atoms with Crippen LogP contribution in [-0.2, 0) is 15.6 Å². The van der Waals surface area contributed by atoms with Gasteiger partial charge in [-0.2, -0.15) is 0 Å². The molecule has 3 nitrogen and oxygen atoms in total. The zero-order valence-electron chi connectivity index (χ0n) is 10.3. The van der Waals surface area contributed by atoms with E-state index in [0.717, 1.165) is 10.0 Å². The average Bonchev–Trinajstić information content (AvgIpc) is 2.21. The normalized spacial score (nSPS) is 13.9. The molecule has 2 N–H and O–H groups in total. The molecule has 1 unspecified atom stereocenters. The van der Waals surface area contributed by atoms with Gasteiger partial charge in [-0.05, 0) is 30.5 Å². The molecule has 1 aromatic rings. The first-order chi connectivity index (χ1) is 7.74. The van der Waals surface area contributed by atoms with E-state index in [2.05, 4.69) is 15.9 Å². The summed E-state index contributed by atoms with van der Waals surface area (Å²) in [5, 5.41) is -0.341. The standard InChI is InChI=1S/C12H18BrNO2S/c1-8(2)9(3)17(15,16)7-10-4-5-11(14)6-12(10)13/h4-6,8-9H,7,14H2,1-3H3. The van der Waals surface area contributed by atoms with Crippen LogP contribution in [0, 0.1) is 5.92 Å². The average molecular weight is 320 g/mol. The van der Waals surface area contributed by atoms with Gasteiger partial charge >= 0.3 is 0 Å². The molecular formula is C12H18BrNO2S. The van der Waals surface area contributed by atoms with E-state index in [0.29, 0.717) is 5.69 Å². The summed E-state index contributed by atoms with van der Waals surface area (Å²) < 4.78 is 25.0. The fourth-order valence-corrected chi connectivity index (χ4v) is 3.94. The van der Waals surface area contributed by atoms with Crippen molar-refractivity contribution in [2.75, 3.05) is 5.73 Å². The largest absolute Gasteiger partial charge is 0.399 e. The molecule has 17 heavy (non-hydrogen) atoms. The first-order valence-corrected chi connectivity index (χ1v) is 8.00. The molecule has 1 atom stereocenters. The van der Waals surface area contributed by atoms with Crippen LogP contribution in [0.3, 0.4) is 0 Å². The Morgan fingerprint density at radius 1 is 1.29 bits per heavy atom. The highest BCUT2D eigenvalue weighted by Gasteiger charge is 2.24. The van der Waals surface area contributed by atoms with E-state index >= 15 is 0 Å². The number of anilines is 1. The van der Waals surface area contributed by atoms with Crippen molar-refractivity contribution in [2.24, 2.45) is 5.92 Å². The lowest BCUT2D eigenvalue weighted by Crippen LogP contribution is -2.25. The number of benzene rings is 1. The molecule has 0 saturated carbocycles. The fourth-order valence-electron chi connectivity index (χ4n) is 1.44. The molecule has 5 heteroatoms. The number of hydrogen-bond acceptors (Lipinski definition) is 3. The minimum Gasteiger partial charge on any atom is -0.399 e. The summed E-state index contributed by atoms with van der Waals surface area (Å²) in [7, 11) is -3.12. The molecule has 0 bridgehead atoms. The zero-order chi connectivity index (χ0) is 13.2. The Morgan fingerprint density at radius 2 is 1.88 bits per heavy atom. The van der Waals surface area contributed by atoms with Crippen molar-refractivity contribution in [1.82, 2.24) is 0 Å². The smallest absolute Gasteiger partial charge is 0.157 e. The molecule has 0 aromatic heterocycles. The van der Waals surface area contributed by atoms with E-state index in [4.69, 9.17) is 5.73 Å². The van der Waals surface area contributed by atoms with Crippen LogP contribution in [0.2, 0.25) is 0 Å². The van der Waals surface area contributed by atoms with Gasteiger partial charge in [-0.15, -0.1) is 0 Å². The summed E-state index contributed by atoms with van der Waals surface area (Å²) in [4.78, 5) is 0. The molecule has 0 amide bonds. The van der Waals surface area contributed by atoms with Gasteiger partial charge in [-0.25, -0.2) is 8.42 Å². The van der Waals surface area contributed by atoms with Crippen LogP contribution in [0.1, 0.15) is 26.3 Å². The Bertz CT molecular complexity index is 497. The summed E-state index contributed by atoms with van der Waals surface area (Å²) >= 11 is 3.34. The number of nitrogens with two attached hydrogens (primary N) is 1. The van der Waals surface area contributed by atoms with E-state index in [-0.39, 0.29) is 16.9 Å². The highest BCUT2D eigenvalue weighted by molar-refractivity contribution is 9.10. The number of rotatable bonds is 4. The van der Waals surface area contributed by atoms with E-state index in [9.17, 15) is 8.42 Å². The molecule has 0 heterocycles. The third-order valence-electron chi connectivity index (χ3n) is 2.94. The van der Waals surface area contributed by atoms with Gasteiger partial charge in [0.05, 0.1) is 11.0 Å². The van der Waals surface area contributed by atoms with Gasteiger partial charge < -0.3 is 5.73 Å². The maximum absolute atomic E-state index is 12.1. The maximum atomic E-state index is 12.1. The lowest BCUT2D eigenvalue weighted by Gasteiger charge is -2.17. The predicted octanol–water partition coefficient (Wildman–Crippen LogP) is 2.99. The van der Waals surface area contributed by atoms with Gasteiger partial charge in [-0.3, -0.25) is 0 Å². The lowest BCUT2D eigenvalue weighted by atomic mass is 10.2. The van der Waals surface area contributed by atoms with Crippen LogP contribution >= 0.6 is 15.9 Å². The highest BCUT2D eigenvalue weighted by atomic mass is 79.9. The van der Waals surface area contributed by atoms with E-state index in [1.807, 2.05) is 13.8 Å². The minimum absolute atomic E-state index is 0.0488. The molecule has 0 spiro atoms. The molecule has 0 aliphatic carbocycles. The Labute approximate surface area is 111 Å². The van der Waals surface area contributed by atoms with Crippen LogP contribution < -0.4 is 5.73 Å². The van der Waals surface area contributed by atoms with Crippen LogP contribution in [0.4, 0.5) is 5.69 Å². The van der Waals surface area contributed by atoms with Crippen molar-refractivity contribution in [1.29, 1.82) is 0 Å². The molecule has 1 rings (SSSR count). The van der Waals surface area contributed by atoms with Crippen molar-refractivity contribution in [3.05, 3.63) is 28.2 Å². The molecular weight excluding hydrogens is 302 g/mol. The van der Waals surface area contributed by atoms with Gasteiger partial charge in [0.15, 0.2) is 9.84 Å². The van der Waals surface area contributed by atoms with Crippen LogP contribution in [0.5, 0.6) is 0 Å². The van der Waals surface area contributed by atoms with Gasteiger partial charge in [0.1, 0.15) is 0 Å². The van der Waals surface area contributed by atoms with Gasteiger partial charge in [0, 0.05) is 10.2 Å². The second kappa shape index (κ2) is 5.40. The molecule has 0 saturated heterocycles. The van der Waals surface area contributed by atoms with Gasteiger partial charge in [0.25, 0.3) is 0 Å². The van der Waals surface area contributed by atoms with Gasteiger partial charge in [0.2, 0.25) is 0 Å². The molecule has 96 valence electrons. The highest BCUT2D eigenvalue weighted by Crippen LogP contribution is 2.24. The summed E-state index contributed by atoms with van der Waals surface area (Å²) in [5.41, 5.74) is 7.00. The number of halogens is 1. The molecule has 0 aliphatic rings. The summed E-state index contributed by atoms with van der Waals surface area (Å²) in [6.45, 7) is 5.59. The number of hydrogen-bond donors (Lipinski definition) is 1. The third kappa shape index (κ3) is 3.71. The van der Waals surface area contributed by atoms with Crippen molar-refractivity contribution in [2.45, 2.75) is 31.8 Å². The van der Waals surface area contributed by atoms with E-state index in [1.165, 1.54) is 0 Å². The van der Waals surface area contributed by atoms with E-state index in [1.54, 1.807) is 25.1 Å². The molecule has 0 radical (unpaired) electrons. The lowest BCUT2D eigenvalue weighted by molar-refractivity contribution is 0.545. The summed E-state index contributed by atoms with van der Waals surface area (Å²) in [6, 6.07) is 5.20. The Kier molecular flexibility index (Phi) is 4.61. The van der Waals surface area contributed by atoms with Crippen LogP contribution in [0.15, 0.2) is 22.7 Å². The van der Waals surface area contributed by atoms with Crippen LogP contribution in [-0.4, -0.2) is 13.7 Å². The number of nitrogen functional groups attached to an aromatic ring is 1. The summed E-state index contributed by atoms with van der Waals surface area (Å²) in [6.07, 6.45) is 0. The Hall–Kier alpha value is -0.550. The first kappa shape index (κ1) is 14.5. The molecule has 0 aliphatic heterocycles.